The van der Waals surface area contributed by atoms with Crippen LogP contribution >= 0.6 is 0 Å². The summed E-state index contributed by atoms with van der Waals surface area (Å²) < 4.78 is 7.47. The van der Waals surface area contributed by atoms with Crippen LogP contribution in [0.25, 0.3) is 5.65 Å². The van der Waals surface area contributed by atoms with E-state index in [9.17, 15) is 4.79 Å². The second kappa shape index (κ2) is 9.40. The summed E-state index contributed by atoms with van der Waals surface area (Å²) in [6.45, 7) is 4.94. The third-order valence-electron chi connectivity index (χ3n) is 5.04. The van der Waals surface area contributed by atoms with Crippen LogP contribution in [0.2, 0.25) is 0 Å². The summed E-state index contributed by atoms with van der Waals surface area (Å²) in [5.74, 6) is 0.750. The lowest BCUT2D eigenvalue weighted by molar-refractivity contribution is -0.121. The van der Waals surface area contributed by atoms with Gasteiger partial charge in [0, 0.05) is 31.3 Å². The molecule has 0 aliphatic carbocycles. The lowest BCUT2D eigenvalue weighted by Gasteiger charge is -2.18. The fraction of sp³-hybridized carbons (Fsp3) is 0.391. The second-order valence-corrected chi connectivity index (χ2v) is 7.21. The number of amides is 1. The number of carbonyl (C=O) groups excluding carboxylic acids is 1. The Morgan fingerprint density at radius 2 is 2.11 bits per heavy atom. The molecule has 5 heteroatoms. The molecule has 0 saturated heterocycles. The Bertz CT molecular complexity index is 932. The SMILES string of the molecule is CCCCCNC(=O)CC(c1cccc(OC)c1)c1cnc2cc(C)ccn12. The van der Waals surface area contributed by atoms with E-state index in [2.05, 4.69) is 40.7 Å². The third kappa shape index (κ3) is 4.71. The average molecular weight is 380 g/mol. The van der Waals surface area contributed by atoms with Gasteiger partial charge in [-0.05, 0) is 48.7 Å². The Morgan fingerprint density at radius 3 is 2.89 bits per heavy atom. The van der Waals surface area contributed by atoms with Gasteiger partial charge < -0.3 is 14.5 Å². The number of ether oxygens (including phenoxy) is 1. The lowest BCUT2D eigenvalue weighted by atomic mass is 9.92. The minimum absolute atomic E-state index is 0.0611. The Morgan fingerprint density at radius 1 is 1.25 bits per heavy atom. The van der Waals surface area contributed by atoms with E-state index in [4.69, 9.17) is 4.74 Å². The van der Waals surface area contributed by atoms with Crippen LogP contribution in [-0.2, 0) is 4.79 Å². The first-order valence-corrected chi connectivity index (χ1v) is 9.96. The van der Waals surface area contributed by atoms with Gasteiger partial charge in [0.15, 0.2) is 0 Å². The van der Waals surface area contributed by atoms with Crippen molar-refractivity contribution in [3.05, 3.63) is 65.6 Å². The van der Waals surface area contributed by atoms with Crippen LogP contribution < -0.4 is 10.1 Å². The van der Waals surface area contributed by atoms with Gasteiger partial charge in [0.1, 0.15) is 11.4 Å². The van der Waals surface area contributed by atoms with E-state index in [-0.39, 0.29) is 11.8 Å². The van der Waals surface area contributed by atoms with E-state index in [1.54, 1.807) is 7.11 Å². The number of hydrogen-bond acceptors (Lipinski definition) is 3. The molecular weight excluding hydrogens is 350 g/mol. The number of imidazole rings is 1. The first-order chi connectivity index (χ1) is 13.6. The minimum Gasteiger partial charge on any atom is -0.497 e. The second-order valence-electron chi connectivity index (χ2n) is 7.21. The van der Waals surface area contributed by atoms with Crippen molar-refractivity contribution in [1.29, 1.82) is 0 Å². The number of nitrogens with one attached hydrogen (secondary N) is 1. The van der Waals surface area contributed by atoms with Crippen molar-refractivity contribution < 1.29 is 9.53 Å². The maximum Gasteiger partial charge on any atom is 0.221 e. The summed E-state index contributed by atoms with van der Waals surface area (Å²) in [5, 5.41) is 3.07. The number of benzene rings is 1. The Kier molecular flexibility index (Phi) is 6.69. The highest BCUT2D eigenvalue weighted by atomic mass is 16.5. The number of aromatic nitrogens is 2. The summed E-state index contributed by atoms with van der Waals surface area (Å²) in [6.07, 6.45) is 7.57. The van der Waals surface area contributed by atoms with Crippen molar-refractivity contribution in [1.82, 2.24) is 14.7 Å². The molecule has 1 unspecified atom stereocenters. The van der Waals surface area contributed by atoms with Gasteiger partial charge in [0.05, 0.1) is 12.8 Å². The molecule has 2 heterocycles. The van der Waals surface area contributed by atoms with Gasteiger partial charge >= 0.3 is 0 Å². The highest BCUT2D eigenvalue weighted by Crippen LogP contribution is 2.31. The van der Waals surface area contributed by atoms with Gasteiger partial charge in [0.2, 0.25) is 5.91 Å². The van der Waals surface area contributed by atoms with Gasteiger partial charge in [-0.2, -0.15) is 0 Å². The molecule has 3 aromatic rings. The molecule has 0 bridgehead atoms. The fourth-order valence-corrected chi connectivity index (χ4v) is 3.47. The Hall–Kier alpha value is -2.82. The molecule has 1 N–H and O–H groups in total. The monoisotopic (exact) mass is 379 g/mol. The molecule has 1 atom stereocenters. The van der Waals surface area contributed by atoms with Crippen molar-refractivity contribution in [2.75, 3.05) is 13.7 Å². The average Bonchev–Trinajstić information content (AvgIpc) is 3.12. The molecule has 0 radical (unpaired) electrons. The minimum atomic E-state index is -0.0982. The van der Waals surface area contributed by atoms with E-state index in [1.165, 1.54) is 0 Å². The summed E-state index contributed by atoms with van der Waals surface area (Å²) in [7, 11) is 1.66. The van der Waals surface area contributed by atoms with E-state index in [0.29, 0.717) is 6.42 Å². The number of unbranched alkanes of at least 4 members (excludes halogenated alkanes) is 2. The van der Waals surface area contributed by atoms with Crippen LogP contribution in [0.5, 0.6) is 5.75 Å². The van der Waals surface area contributed by atoms with E-state index < -0.39 is 0 Å². The van der Waals surface area contributed by atoms with Gasteiger partial charge in [-0.15, -0.1) is 0 Å². The molecule has 1 aromatic carbocycles. The quantitative estimate of drug-likeness (QED) is 0.558. The van der Waals surface area contributed by atoms with E-state index in [0.717, 1.165) is 54.0 Å². The normalized spacial score (nSPS) is 12.1. The molecule has 0 spiro atoms. The summed E-state index contributed by atoms with van der Waals surface area (Å²) in [5.41, 5.74) is 4.11. The Labute approximate surface area is 166 Å². The molecular formula is C23H29N3O2. The number of nitrogens with zero attached hydrogens (tertiary/aromatic N) is 2. The van der Waals surface area contributed by atoms with Gasteiger partial charge in [-0.1, -0.05) is 31.9 Å². The number of hydrogen-bond donors (Lipinski definition) is 1. The zero-order chi connectivity index (χ0) is 19.9. The van der Waals surface area contributed by atoms with Crippen molar-refractivity contribution in [3.8, 4) is 5.75 Å². The van der Waals surface area contributed by atoms with Crippen LogP contribution in [0, 0.1) is 6.92 Å². The zero-order valence-corrected chi connectivity index (χ0v) is 16.9. The first-order valence-electron chi connectivity index (χ1n) is 9.96. The van der Waals surface area contributed by atoms with Crippen LogP contribution in [0.1, 0.15) is 55.3 Å². The molecule has 0 fully saturated rings. The van der Waals surface area contributed by atoms with Crippen molar-refractivity contribution in [2.24, 2.45) is 0 Å². The highest BCUT2D eigenvalue weighted by Gasteiger charge is 2.22. The number of pyridine rings is 1. The van der Waals surface area contributed by atoms with E-state index >= 15 is 0 Å². The summed E-state index contributed by atoms with van der Waals surface area (Å²) in [4.78, 5) is 17.2. The molecule has 148 valence electrons. The van der Waals surface area contributed by atoms with Gasteiger partial charge in [-0.3, -0.25) is 4.79 Å². The van der Waals surface area contributed by atoms with Crippen LogP contribution in [0.3, 0.4) is 0 Å². The zero-order valence-electron chi connectivity index (χ0n) is 16.9. The van der Waals surface area contributed by atoms with Crippen molar-refractivity contribution >= 4 is 11.6 Å². The van der Waals surface area contributed by atoms with Crippen molar-refractivity contribution in [3.63, 3.8) is 0 Å². The predicted octanol–water partition coefficient (Wildman–Crippen LogP) is 4.48. The maximum absolute atomic E-state index is 12.7. The highest BCUT2D eigenvalue weighted by molar-refractivity contribution is 5.77. The molecule has 0 saturated carbocycles. The molecule has 1 amide bonds. The predicted molar refractivity (Wildman–Crippen MR) is 112 cm³/mol. The number of aryl methyl sites for hydroxylation is 1. The molecule has 0 aliphatic heterocycles. The molecule has 2 aromatic heterocycles. The largest absolute Gasteiger partial charge is 0.497 e. The molecule has 0 aliphatic rings. The van der Waals surface area contributed by atoms with Crippen LogP contribution in [-0.4, -0.2) is 28.9 Å². The first kappa shape index (κ1) is 19.9. The Balaban J connectivity index is 1.90. The molecule has 28 heavy (non-hydrogen) atoms. The topological polar surface area (TPSA) is 55.6 Å². The lowest BCUT2D eigenvalue weighted by Crippen LogP contribution is -2.26. The molecule has 3 rings (SSSR count). The number of carbonyl (C=O) groups is 1. The standard InChI is InChI=1S/C23H29N3O2/c1-4-5-6-11-24-23(27)15-20(18-8-7-9-19(14-18)28-3)21-16-25-22-13-17(2)10-12-26(21)22/h7-10,12-14,16,20H,4-6,11,15H2,1-3H3,(H,24,27). The third-order valence-corrected chi connectivity index (χ3v) is 5.04. The maximum atomic E-state index is 12.7. The smallest absolute Gasteiger partial charge is 0.221 e. The van der Waals surface area contributed by atoms with Gasteiger partial charge in [-0.25, -0.2) is 4.98 Å². The van der Waals surface area contributed by atoms with E-state index in [1.807, 2.05) is 36.7 Å². The van der Waals surface area contributed by atoms with Gasteiger partial charge in [0.25, 0.3) is 0 Å². The molecule has 5 nitrogen and oxygen atoms in total. The number of methoxy groups -OCH3 is 1. The number of fused-ring (bicyclic) bond motifs is 1. The summed E-state index contributed by atoms with van der Waals surface area (Å²) in [6, 6.07) is 12.0. The van der Waals surface area contributed by atoms with Crippen LogP contribution in [0.4, 0.5) is 0 Å². The van der Waals surface area contributed by atoms with Crippen LogP contribution in [0.15, 0.2) is 48.8 Å². The fourth-order valence-electron chi connectivity index (χ4n) is 3.47. The summed E-state index contributed by atoms with van der Waals surface area (Å²) >= 11 is 0. The van der Waals surface area contributed by atoms with Crippen molar-refractivity contribution in [2.45, 2.75) is 45.4 Å². The number of rotatable bonds is 9.